The van der Waals surface area contributed by atoms with E-state index in [1.807, 2.05) is 0 Å². The maximum absolute atomic E-state index is 10.6. The van der Waals surface area contributed by atoms with Crippen LogP contribution in [0.1, 0.15) is 0 Å². The molecule has 0 heterocycles. The zero-order valence-corrected chi connectivity index (χ0v) is 11.9. The molecule has 0 aliphatic carbocycles. The molecular weight excluding hydrogens is 334 g/mol. The van der Waals surface area contributed by atoms with Crippen molar-refractivity contribution < 1.29 is 4.92 Å². The summed E-state index contributed by atoms with van der Waals surface area (Å²) < 4.78 is 0.570. The lowest BCUT2D eigenvalue weighted by Crippen LogP contribution is -1.95. The lowest BCUT2D eigenvalue weighted by Gasteiger charge is -2.10. The average molecular weight is 343 g/mol. The van der Waals surface area contributed by atoms with Gasteiger partial charge in [-0.1, -0.05) is 11.6 Å². The van der Waals surface area contributed by atoms with Crippen molar-refractivity contribution in [3.05, 3.63) is 56.0 Å². The number of rotatable bonds is 3. The Balaban J connectivity index is 2.33. The van der Waals surface area contributed by atoms with Gasteiger partial charge in [-0.25, -0.2) is 0 Å². The maximum atomic E-state index is 10.6. The van der Waals surface area contributed by atoms with Gasteiger partial charge in [0.05, 0.1) is 21.3 Å². The fourth-order valence-corrected chi connectivity index (χ4v) is 2.13. The van der Waals surface area contributed by atoms with E-state index in [1.54, 1.807) is 24.3 Å². The standard InChI is InChI=1S/C12H9BrClN3O2/c13-9-6-8(17(18)19)2-4-11(9)16-12-5-7(15)1-3-10(12)14/h1-6,16H,15H2. The zero-order chi connectivity index (χ0) is 14.0. The van der Waals surface area contributed by atoms with Crippen LogP contribution >= 0.6 is 27.5 Å². The number of hydrogen-bond donors (Lipinski definition) is 2. The molecule has 0 radical (unpaired) electrons. The normalized spacial score (nSPS) is 10.2. The Morgan fingerprint density at radius 2 is 1.95 bits per heavy atom. The monoisotopic (exact) mass is 341 g/mol. The summed E-state index contributed by atoms with van der Waals surface area (Å²) in [6, 6.07) is 9.49. The highest BCUT2D eigenvalue weighted by Crippen LogP contribution is 2.33. The number of nitrogens with one attached hydrogen (secondary N) is 1. The molecule has 0 atom stereocenters. The van der Waals surface area contributed by atoms with E-state index in [0.29, 0.717) is 26.6 Å². The molecule has 0 saturated carbocycles. The first-order valence-corrected chi connectivity index (χ1v) is 6.40. The predicted octanol–water partition coefficient (Wildman–Crippen LogP) is 4.34. The number of anilines is 3. The van der Waals surface area contributed by atoms with E-state index in [2.05, 4.69) is 21.2 Å². The van der Waals surface area contributed by atoms with Crippen LogP contribution < -0.4 is 11.1 Å². The second-order valence-corrected chi connectivity index (χ2v) is 5.05. The summed E-state index contributed by atoms with van der Waals surface area (Å²) in [6.07, 6.45) is 0. The molecule has 5 nitrogen and oxygen atoms in total. The molecule has 2 aromatic carbocycles. The maximum Gasteiger partial charge on any atom is 0.270 e. The van der Waals surface area contributed by atoms with Crippen molar-refractivity contribution in [3.63, 3.8) is 0 Å². The number of nitrogens with zero attached hydrogens (tertiary/aromatic N) is 1. The van der Waals surface area contributed by atoms with E-state index in [4.69, 9.17) is 17.3 Å². The lowest BCUT2D eigenvalue weighted by molar-refractivity contribution is -0.384. The van der Waals surface area contributed by atoms with Crippen molar-refractivity contribution in [1.29, 1.82) is 0 Å². The number of nitrogen functional groups attached to an aromatic ring is 1. The molecule has 2 aromatic rings. The topological polar surface area (TPSA) is 81.2 Å². The molecule has 19 heavy (non-hydrogen) atoms. The summed E-state index contributed by atoms with van der Waals surface area (Å²) in [5.41, 5.74) is 7.57. The molecule has 0 aliphatic rings. The summed E-state index contributed by atoms with van der Waals surface area (Å²) in [7, 11) is 0. The fraction of sp³-hybridized carbons (Fsp3) is 0. The van der Waals surface area contributed by atoms with E-state index in [9.17, 15) is 10.1 Å². The lowest BCUT2D eigenvalue weighted by atomic mass is 10.2. The van der Waals surface area contributed by atoms with Gasteiger partial charge >= 0.3 is 0 Å². The van der Waals surface area contributed by atoms with Gasteiger partial charge in [0.15, 0.2) is 0 Å². The summed E-state index contributed by atoms with van der Waals surface area (Å²) in [5, 5.41) is 14.2. The molecule has 3 N–H and O–H groups in total. The van der Waals surface area contributed by atoms with E-state index in [-0.39, 0.29) is 5.69 Å². The van der Waals surface area contributed by atoms with E-state index in [1.165, 1.54) is 12.1 Å². The molecule has 0 bridgehead atoms. The van der Waals surface area contributed by atoms with Crippen molar-refractivity contribution in [2.75, 3.05) is 11.1 Å². The Labute approximate surface area is 122 Å². The van der Waals surface area contributed by atoms with Crippen molar-refractivity contribution in [2.24, 2.45) is 0 Å². The number of non-ortho nitro benzene ring substituents is 1. The van der Waals surface area contributed by atoms with Crippen LogP contribution in [0.25, 0.3) is 0 Å². The highest BCUT2D eigenvalue weighted by Gasteiger charge is 2.10. The van der Waals surface area contributed by atoms with E-state index in [0.717, 1.165) is 0 Å². The molecule has 98 valence electrons. The summed E-state index contributed by atoms with van der Waals surface area (Å²) in [6.45, 7) is 0. The van der Waals surface area contributed by atoms with Crippen LogP contribution in [-0.2, 0) is 0 Å². The van der Waals surface area contributed by atoms with Crippen molar-refractivity contribution in [3.8, 4) is 0 Å². The van der Waals surface area contributed by atoms with Gasteiger partial charge in [0.1, 0.15) is 0 Å². The first-order chi connectivity index (χ1) is 8.97. The molecule has 0 spiro atoms. The van der Waals surface area contributed by atoms with Gasteiger partial charge in [0, 0.05) is 22.3 Å². The Hall–Kier alpha value is -1.79. The van der Waals surface area contributed by atoms with Crippen LogP contribution in [0.2, 0.25) is 5.02 Å². The number of halogens is 2. The summed E-state index contributed by atoms with van der Waals surface area (Å²) >= 11 is 9.31. The Bertz CT molecular complexity index is 649. The predicted molar refractivity (Wildman–Crippen MR) is 79.9 cm³/mol. The molecule has 7 heteroatoms. The van der Waals surface area contributed by atoms with Gasteiger partial charge < -0.3 is 11.1 Å². The molecule has 0 amide bonds. The smallest absolute Gasteiger partial charge is 0.270 e. The average Bonchev–Trinajstić information content (AvgIpc) is 2.36. The largest absolute Gasteiger partial charge is 0.399 e. The quantitative estimate of drug-likeness (QED) is 0.494. The second-order valence-electron chi connectivity index (χ2n) is 3.79. The molecule has 0 saturated heterocycles. The fourth-order valence-electron chi connectivity index (χ4n) is 1.50. The number of benzene rings is 2. The molecule has 0 aromatic heterocycles. The van der Waals surface area contributed by atoms with Crippen molar-refractivity contribution in [2.45, 2.75) is 0 Å². The second kappa shape index (κ2) is 5.46. The molecule has 0 aliphatic heterocycles. The van der Waals surface area contributed by atoms with Crippen LogP contribution in [0.4, 0.5) is 22.7 Å². The summed E-state index contributed by atoms with van der Waals surface area (Å²) in [4.78, 5) is 10.2. The third-order valence-corrected chi connectivity index (χ3v) is 3.41. The van der Waals surface area contributed by atoms with Gasteiger partial charge in [-0.2, -0.15) is 0 Å². The number of nitrogens with two attached hydrogens (primary N) is 1. The van der Waals surface area contributed by atoms with Gasteiger partial charge in [0.2, 0.25) is 0 Å². The Kier molecular flexibility index (Phi) is 3.92. The minimum Gasteiger partial charge on any atom is -0.399 e. The van der Waals surface area contributed by atoms with Crippen molar-refractivity contribution >= 4 is 50.3 Å². The third kappa shape index (κ3) is 3.15. The molecular formula is C12H9BrClN3O2. The van der Waals surface area contributed by atoms with Crippen LogP contribution in [0.5, 0.6) is 0 Å². The van der Waals surface area contributed by atoms with Crippen LogP contribution in [0.3, 0.4) is 0 Å². The van der Waals surface area contributed by atoms with Gasteiger partial charge in [-0.3, -0.25) is 10.1 Å². The van der Waals surface area contributed by atoms with Crippen LogP contribution in [-0.4, -0.2) is 4.92 Å². The number of hydrogen-bond acceptors (Lipinski definition) is 4. The first kappa shape index (κ1) is 13.6. The first-order valence-electron chi connectivity index (χ1n) is 5.23. The molecule has 0 unspecified atom stereocenters. The zero-order valence-electron chi connectivity index (χ0n) is 9.56. The van der Waals surface area contributed by atoms with Gasteiger partial charge in [-0.05, 0) is 40.2 Å². The number of nitro groups is 1. The van der Waals surface area contributed by atoms with Gasteiger partial charge in [0.25, 0.3) is 5.69 Å². The highest BCUT2D eigenvalue weighted by molar-refractivity contribution is 9.10. The SMILES string of the molecule is Nc1ccc(Cl)c(Nc2ccc([N+](=O)[O-])cc2Br)c1. The molecule has 0 fully saturated rings. The highest BCUT2D eigenvalue weighted by atomic mass is 79.9. The number of nitro benzene ring substituents is 1. The van der Waals surface area contributed by atoms with E-state index >= 15 is 0 Å². The summed E-state index contributed by atoms with van der Waals surface area (Å²) in [5.74, 6) is 0. The minimum atomic E-state index is -0.456. The van der Waals surface area contributed by atoms with Crippen LogP contribution in [0, 0.1) is 10.1 Å². The van der Waals surface area contributed by atoms with E-state index < -0.39 is 4.92 Å². The molecule has 2 rings (SSSR count). The third-order valence-electron chi connectivity index (χ3n) is 2.42. The van der Waals surface area contributed by atoms with Crippen LogP contribution in [0.15, 0.2) is 40.9 Å². The Morgan fingerprint density at radius 1 is 1.21 bits per heavy atom. The van der Waals surface area contributed by atoms with Gasteiger partial charge in [-0.15, -0.1) is 0 Å². The minimum absolute atomic E-state index is 0.0103. The Morgan fingerprint density at radius 3 is 2.58 bits per heavy atom. The van der Waals surface area contributed by atoms with Crippen molar-refractivity contribution in [1.82, 2.24) is 0 Å².